The molecule has 0 amide bonds. The van der Waals surface area contributed by atoms with E-state index in [2.05, 4.69) is 37.8 Å². The van der Waals surface area contributed by atoms with Gasteiger partial charge in [-0.1, -0.05) is 49.8 Å². The molecule has 1 nitrogen and oxygen atoms in total. The van der Waals surface area contributed by atoms with E-state index >= 15 is 0 Å². The molecule has 2 aliphatic carbocycles. The van der Waals surface area contributed by atoms with Crippen LogP contribution in [0.4, 0.5) is 4.39 Å². The Morgan fingerprint density at radius 1 is 1.04 bits per heavy atom. The van der Waals surface area contributed by atoms with E-state index in [9.17, 15) is 4.39 Å². The molecule has 28 heavy (non-hydrogen) atoms. The largest absolute Gasteiger partial charge is 0.196 e. The van der Waals surface area contributed by atoms with Crippen LogP contribution in [0.25, 0.3) is 0 Å². The first-order valence-electron chi connectivity index (χ1n) is 11.2. The van der Waals surface area contributed by atoms with Gasteiger partial charge in [0.05, 0.1) is 0 Å². The molecule has 0 spiro atoms. The molecule has 0 N–H and O–H groups in total. The van der Waals surface area contributed by atoms with Crippen molar-refractivity contribution in [1.29, 1.82) is 5.26 Å². The monoisotopic (exact) mass is 379 g/mol. The smallest absolute Gasteiger partial charge is 0.195 e. The first-order chi connectivity index (χ1) is 13.6. The minimum Gasteiger partial charge on any atom is -0.195 e. The maximum Gasteiger partial charge on any atom is 0.196 e. The molecule has 2 fully saturated rings. The summed E-state index contributed by atoms with van der Waals surface area (Å²) >= 11 is 0. The lowest BCUT2D eigenvalue weighted by molar-refractivity contribution is 0.289. The van der Waals surface area contributed by atoms with Gasteiger partial charge in [0.2, 0.25) is 0 Å². The summed E-state index contributed by atoms with van der Waals surface area (Å²) in [7, 11) is 0. The number of nitriles is 1. The van der Waals surface area contributed by atoms with Crippen molar-refractivity contribution in [2.24, 2.45) is 17.8 Å². The Bertz CT molecular complexity index is 708. The van der Waals surface area contributed by atoms with Crippen LogP contribution in [0.2, 0.25) is 0 Å². The highest BCUT2D eigenvalue weighted by Gasteiger charge is 2.29. The molecular formula is C26H34FN. The Hall–Kier alpha value is -1.88. The van der Waals surface area contributed by atoms with E-state index in [0.717, 1.165) is 25.7 Å². The molecule has 1 aromatic carbocycles. The van der Waals surface area contributed by atoms with Crippen LogP contribution >= 0.6 is 0 Å². The van der Waals surface area contributed by atoms with Gasteiger partial charge in [0.25, 0.3) is 0 Å². The van der Waals surface area contributed by atoms with E-state index in [4.69, 9.17) is 5.26 Å². The van der Waals surface area contributed by atoms with Gasteiger partial charge < -0.3 is 0 Å². The number of benzene rings is 1. The van der Waals surface area contributed by atoms with Crippen LogP contribution in [0.1, 0.15) is 81.8 Å². The molecule has 2 heteroatoms. The molecule has 0 atom stereocenters. The van der Waals surface area contributed by atoms with E-state index in [-0.39, 0.29) is 5.92 Å². The molecule has 0 bridgehead atoms. The fourth-order valence-corrected chi connectivity index (χ4v) is 5.28. The summed E-state index contributed by atoms with van der Waals surface area (Å²) in [5, 5.41) is 8.61. The van der Waals surface area contributed by atoms with Crippen molar-refractivity contribution in [1.82, 2.24) is 0 Å². The first kappa shape index (κ1) is 20.8. The second kappa shape index (κ2) is 10.1. The number of rotatable bonds is 6. The van der Waals surface area contributed by atoms with Gasteiger partial charge in [0.1, 0.15) is 6.07 Å². The number of allylic oxidation sites excluding steroid dienone is 3. The van der Waals surface area contributed by atoms with Gasteiger partial charge in [0.15, 0.2) is 5.83 Å². The van der Waals surface area contributed by atoms with Gasteiger partial charge in [-0.05, 0) is 98.7 Å². The Morgan fingerprint density at radius 3 is 2.14 bits per heavy atom. The molecule has 0 radical (unpaired) electrons. The average molecular weight is 380 g/mol. The van der Waals surface area contributed by atoms with E-state index in [1.807, 2.05) is 0 Å². The molecule has 0 aliphatic heterocycles. The maximum absolute atomic E-state index is 13.2. The molecule has 1 aromatic rings. The summed E-state index contributed by atoms with van der Waals surface area (Å²) < 4.78 is 13.2. The molecule has 0 aromatic heterocycles. The zero-order valence-electron chi connectivity index (χ0n) is 17.3. The zero-order chi connectivity index (χ0) is 19.9. The summed E-state index contributed by atoms with van der Waals surface area (Å²) in [5.74, 6) is 1.56. The molecule has 3 rings (SSSR count). The van der Waals surface area contributed by atoms with E-state index in [1.165, 1.54) is 61.3 Å². The van der Waals surface area contributed by atoms with Gasteiger partial charge in [-0.2, -0.15) is 9.65 Å². The molecule has 0 saturated heterocycles. The zero-order valence-corrected chi connectivity index (χ0v) is 17.3. The lowest BCUT2D eigenvalue weighted by atomic mass is 9.70. The van der Waals surface area contributed by atoms with Gasteiger partial charge in [-0.25, -0.2) is 0 Å². The molecule has 0 heterocycles. The van der Waals surface area contributed by atoms with E-state index in [1.54, 1.807) is 6.07 Å². The third-order valence-corrected chi connectivity index (χ3v) is 7.03. The number of halogens is 1. The van der Waals surface area contributed by atoms with Crippen LogP contribution < -0.4 is 0 Å². The van der Waals surface area contributed by atoms with Crippen molar-refractivity contribution in [3.63, 3.8) is 0 Å². The molecule has 150 valence electrons. The molecule has 0 unspecified atom stereocenters. The number of nitrogens with zero attached hydrogens (tertiary/aromatic N) is 1. The Balaban J connectivity index is 1.47. The number of hydrogen-bond acceptors (Lipinski definition) is 1. The molecule has 2 aliphatic rings. The van der Waals surface area contributed by atoms with Crippen LogP contribution in [0, 0.1) is 29.1 Å². The van der Waals surface area contributed by atoms with Crippen LogP contribution in [0.5, 0.6) is 0 Å². The van der Waals surface area contributed by atoms with Crippen LogP contribution in [0.3, 0.4) is 0 Å². The summed E-state index contributed by atoms with van der Waals surface area (Å²) in [4.78, 5) is 0. The standard InChI is InChI=1S/C26H34FN/c1-3-4-20-5-11-24(12-6-20)25-15-13-23(14-16-25)19(2)22-9-7-21(8-10-22)17-26(27)18-28/h5-6,11-12,17,21-23,25H,2-4,7-10,13-16H2,1H3/b26-17+/t21-,22-,23-,25-. The van der Waals surface area contributed by atoms with Crippen molar-refractivity contribution >= 4 is 0 Å². The SMILES string of the molecule is C=C([C@H]1CC[C@H](/C=C(/F)C#N)CC1)[C@H]1CC[C@H](c2ccc(CCC)cc2)CC1. The predicted molar refractivity (Wildman–Crippen MR) is 115 cm³/mol. The summed E-state index contributed by atoms with van der Waals surface area (Å²) in [5.41, 5.74) is 4.41. The minimum atomic E-state index is -0.622. The number of aryl methyl sites for hydroxylation is 1. The topological polar surface area (TPSA) is 23.8 Å². The minimum absolute atomic E-state index is 0.232. The van der Waals surface area contributed by atoms with Crippen LogP contribution in [-0.2, 0) is 6.42 Å². The summed E-state index contributed by atoms with van der Waals surface area (Å²) in [6.07, 6.45) is 13.1. The highest BCUT2D eigenvalue weighted by Crippen LogP contribution is 2.43. The second-order valence-corrected chi connectivity index (χ2v) is 8.85. The predicted octanol–water partition coefficient (Wildman–Crippen LogP) is 7.65. The van der Waals surface area contributed by atoms with Gasteiger partial charge in [-0.3, -0.25) is 0 Å². The van der Waals surface area contributed by atoms with Crippen molar-refractivity contribution in [2.75, 3.05) is 0 Å². The fourth-order valence-electron chi connectivity index (χ4n) is 5.28. The highest BCUT2D eigenvalue weighted by atomic mass is 19.1. The Morgan fingerprint density at radius 2 is 1.61 bits per heavy atom. The van der Waals surface area contributed by atoms with Crippen molar-refractivity contribution in [3.05, 3.63) is 59.4 Å². The highest BCUT2D eigenvalue weighted by molar-refractivity contribution is 5.26. The van der Waals surface area contributed by atoms with Gasteiger partial charge >= 0.3 is 0 Å². The average Bonchev–Trinajstić information content (AvgIpc) is 2.74. The first-order valence-corrected chi connectivity index (χ1v) is 11.2. The normalized spacial score (nSPS) is 28.5. The van der Waals surface area contributed by atoms with Crippen LogP contribution in [0.15, 0.2) is 48.3 Å². The summed E-state index contributed by atoms with van der Waals surface area (Å²) in [6, 6.07) is 10.9. The van der Waals surface area contributed by atoms with Gasteiger partial charge in [-0.15, -0.1) is 0 Å². The Kier molecular flexibility index (Phi) is 7.49. The third kappa shape index (κ3) is 5.34. The van der Waals surface area contributed by atoms with E-state index in [0.29, 0.717) is 17.8 Å². The Labute approximate surface area is 170 Å². The summed E-state index contributed by atoms with van der Waals surface area (Å²) in [6.45, 7) is 6.72. The van der Waals surface area contributed by atoms with Crippen LogP contribution in [-0.4, -0.2) is 0 Å². The van der Waals surface area contributed by atoms with Gasteiger partial charge in [0, 0.05) is 0 Å². The van der Waals surface area contributed by atoms with Crippen molar-refractivity contribution < 1.29 is 4.39 Å². The molecule has 2 saturated carbocycles. The lowest BCUT2D eigenvalue weighted by Crippen LogP contribution is -2.22. The third-order valence-electron chi connectivity index (χ3n) is 7.03. The second-order valence-electron chi connectivity index (χ2n) is 8.85. The van der Waals surface area contributed by atoms with E-state index < -0.39 is 5.83 Å². The van der Waals surface area contributed by atoms with Crippen molar-refractivity contribution in [2.45, 2.75) is 77.0 Å². The molecular weight excluding hydrogens is 345 g/mol. The quantitative estimate of drug-likeness (QED) is 0.368. The fraction of sp³-hybridized carbons (Fsp3) is 0.577. The maximum atomic E-state index is 13.2. The lowest BCUT2D eigenvalue weighted by Gasteiger charge is -2.35. The number of hydrogen-bond donors (Lipinski definition) is 0. The van der Waals surface area contributed by atoms with Crippen molar-refractivity contribution in [3.8, 4) is 6.07 Å².